The molecule has 1 aromatic heterocycles. The van der Waals surface area contributed by atoms with Crippen LogP contribution in [0.15, 0.2) is 6.33 Å². The first-order valence-corrected chi connectivity index (χ1v) is 5.34. The minimum absolute atomic E-state index is 0.380. The van der Waals surface area contributed by atoms with Gasteiger partial charge in [-0.05, 0) is 6.42 Å². The molecule has 0 bridgehead atoms. The van der Waals surface area contributed by atoms with Crippen LogP contribution in [0.1, 0.15) is 12.5 Å². The van der Waals surface area contributed by atoms with Gasteiger partial charge in [0, 0.05) is 18.7 Å². The van der Waals surface area contributed by atoms with Crippen molar-refractivity contribution >= 4 is 11.6 Å². The third kappa shape index (κ3) is 1.81. The van der Waals surface area contributed by atoms with E-state index in [4.69, 9.17) is 5.73 Å². The molecule has 0 saturated carbocycles. The number of aliphatic hydroxyl groups is 2. The van der Waals surface area contributed by atoms with E-state index in [1.807, 2.05) is 11.8 Å². The first-order chi connectivity index (χ1) is 7.63. The van der Waals surface area contributed by atoms with Gasteiger partial charge in [-0.25, -0.2) is 9.97 Å². The predicted molar refractivity (Wildman–Crippen MR) is 60.0 cm³/mol. The van der Waals surface area contributed by atoms with Crippen molar-refractivity contribution in [2.75, 3.05) is 23.7 Å². The Balaban J connectivity index is 2.31. The van der Waals surface area contributed by atoms with Crippen LogP contribution >= 0.6 is 0 Å². The molecule has 6 heteroatoms. The number of β-amino-alcohol motifs (C(OH)–C–C–N with tert-alkyl or cyclic N) is 2. The largest absolute Gasteiger partial charge is 0.389 e. The second-order valence-electron chi connectivity index (χ2n) is 3.95. The number of anilines is 2. The standard InChI is InChI=1S/C10H16N4O2/c1-2-6-9(11)12-5-13-10(6)14-3-7(15)8(16)4-14/h5,7-8,15-16H,2-4H2,1H3,(H2,11,12,13). The maximum Gasteiger partial charge on any atom is 0.137 e. The summed E-state index contributed by atoms with van der Waals surface area (Å²) in [4.78, 5) is 9.95. The van der Waals surface area contributed by atoms with Crippen LogP contribution in [-0.4, -0.2) is 45.5 Å². The molecule has 0 spiro atoms. The number of aliphatic hydroxyl groups excluding tert-OH is 2. The van der Waals surface area contributed by atoms with Crippen molar-refractivity contribution in [1.29, 1.82) is 0 Å². The van der Waals surface area contributed by atoms with Gasteiger partial charge in [0.1, 0.15) is 18.0 Å². The number of nitrogen functional groups attached to an aromatic ring is 1. The molecule has 2 unspecified atom stereocenters. The fourth-order valence-corrected chi connectivity index (χ4v) is 1.97. The lowest BCUT2D eigenvalue weighted by atomic mass is 10.2. The summed E-state index contributed by atoms with van der Waals surface area (Å²) in [7, 11) is 0. The molecule has 4 N–H and O–H groups in total. The van der Waals surface area contributed by atoms with E-state index in [1.165, 1.54) is 6.33 Å². The van der Waals surface area contributed by atoms with Crippen molar-refractivity contribution in [3.05, 3.63) is 11.9 Å². The normalized spacial score (nSPS) is 25.1. The van der Waals surface area contributed by atoms with Crippen LogP contribution in [0.3, 0.4) is 0 Å². The molecule has 1 saturated heterocycles. The van der Waals surface area contributed by atoms with E-state index in [0.717, 1.165) is 12.0 Å². The Hall–Kier alpha value is -1.40. The van der Waals surface area contributed by atoms with Gasteiger partial charge in [-0.2, -0.15) is 0 Å². The topological polar surface area (TPSA) is 95.5 Å². The van der Waals surface area contributed by atoms with Gasteiger partial charge in [0.2, 0.25) is 0 Å². The van der Waals surface area contributed by atoms with Gasteiger partial charge in [0.25, 0.3) is 0 Å². The summed E-state index contributed by atoms with van der Waals surface area (Å²) in [6.45, 7) is 2.73. The summed E-state index contributed by atoms with van der Waals surface area (Å²) in [6, 6.07) is 0. The maximum absolute atomic E-state index is 9.50. The van der Waals surface area contributed by atoms with Gasteiger partial charge in [-0.3, -0.25) is 0 Å². The van der Waals surface area contributed by atoms with Gasteiger partial charge in [-0.15, -0.1) is 0 Å². The monoisotopic (exact) mass is 224 g/mol. The maximum atomic E-state index is 9.50. The third-order valence-corrected chi connectivity index (χ3v) is 2.87. The molecule has 88 valence electrons. The highest BCUT2D eigenvalue weighted by Gasteiger charge is 2.31. The molecule has 2 heterocycles. The molecule has 1 fully saturated rings. The Kier molecular flexibility index (Phi) is 2.93. The van der Waals surface area contributed by atoms with Gasteiger partial charge < -0.3 is 20.8 Å². The summed E-state index contributed by atoms with van der Waals surface area (Å²) >= 11 is 0. The van der Waals surface area contributed by atoms with Crippen molar-refractivity contribution in [3.63, 3.8) is 0 Å². The first-order valence-electron chi connectivity index (χ1n) is 5.34. The van der Waals surface area contributed by atoms with Crippen LogP contribution in [0.5, 0.6) is 0 Å². The molecular formula is C10H16N4O2. The summed E-state index contributed by atoms with van der Waals surface area (Å²) in [5.74, 6) is 1.17. The zero-order valence-electron chi connectivity index (χ0n) is 9.17. The van der Waals surface area contributed by atoms with Crippen molar-refractivity contribution in [1.82, 2.24) is 9.97 Å². The lowest BCUT2D eigenvalue weighted by Gasteiger charge is -2.19. The minimum Gasteiger partial charge on any atom is -0.389 e. The fourth-order valence-electron chi connectivity index (χ4n) is 1.97. The number of nitrogens with two attached hydrogens (primary N) is 1. The second kappa shape index (κ2) is 4.23. The molecule has 2 rings (SSSR count). The summed E-state index contributed by atoms with van der Waals surface area (Å²) in [5.41, 5.74) is 6.63. The highest BCUT2D eigenvalue weighted by atomic mass is 16.3. The Morgan fingerprint density at radius 3 is 2.56 bits per heavy atom. The van der Waals surface area contributed by atoms with Crippen LogP contribution in [-0.2, 0) is 6.42 Å². The summed E-state index contributed by atoms with van der Waals surface area (Å²) < 4.78 is 0. The van der Waals surface area contributed by atoms with E-state index in [1.54, 1.807) is 0 Å². The van der Waals surface area contributed by atoms with Gasteiger partial charge >= 0.3 is 0 Å². The first kappa shape index (κ1) is 11.1. The molecule has 0 aliphatic carbocycles. The highest BCUT2D eigenvalue weighted by Crippen LogP contribution is 2.25. The zero-order valence-corrected chi connectivity index (χ0v) is 9.17. The third-order valence-electron chi connectivity index (χ3n) is 2.87. The van der Waals surface area contributed by atoms with Crippen LogP contribution < -0.4 is 10.6 Å². The minimum atomic E-state index is -0.721. The Labute approximate surface area is 93.7 Å². The molecular weight excluding hydrogens is 208 g/mol. The van der Waals surface area contributed by atoms with E-state index in [0.29, 0.717) is 24.7 Å². The molecule has 0 amide bonds. The van der Waals surface area contributed by atoms with Crippen molar-refractivity contribution < 1.29 is 10.2 Å². The van der Waals surface area contributed by atoms with Gasteiger partial charge in [0.15, 0.2) is 0 Å². The van der Waals surface area contributed by atoms with Crippen LogP contribution in [0.2, 0.25) is 0 Å². The lowest BCUT2D eigenvalue weighted by molar-refractivity contribution is 0.0572. The average Bonchev–Trinajstić information content (AvgIpc) is 2.59. The molecule has 1 aliphatic heterocycles. The Morgan fingerprint density at radius 1 is 1.38 bits per heavy atom. The quantitative estimate of drug-likeness (QED) is 0.606. The molecule has 1 aliphatic rings. The van der Waals surface area contributed by atoms with Crippen LogP contribution in [0.25, 0.3) is 0 Å². The molecule has 16 heavy (non-hydrogen) atoms. The van der Waals surface area contributed by atoms with Crippen LogP contribution in [0, 0.1) is 0 Å². The molecule has 0 radical (unpaired) electrons. The van der Waals surface area contributed by atoms with E-state index in [2.05, 4.69) is 9.97 Å². The number of aromatic nitrogens is 2. The number of hydrogen-bond acceptors (Lipinski definition) is 6. The number of rotatable bonds is 2. The van der Waals surface area contributed by atoms with Gasteiger partial charge in [-0.1, -0.05) is 6.92 Å². The van der Waals surface area contributed by atoms with Crippen molar-refractivity contribution in [2.24, 2.45) is 0 Å². The summed E-state index contributed by atoms with van der Waals surface area (Å²) in [5, 5.41) is 19.0. The molecule has 1 aromatic rings. The predicted octanol–water partition coefficient (Wildman–Crippen LogP) is -0.837. The number of hydrogen-bond donors (Lipinski definition) is 3. The second-order valence-corrected chi connectivity index (χ2v) is 3.95. The van der Waals surface area contributed by atoms with E-state index < -0.39 is 12.2 Å². The smallest absolute Gasteiger partial charge is 0.137 e. The average molecular weight is 224 g/mol. The Morgan fingerprint density at radius 2 is 2.00 bits per heavy atom. The SMILES string of the molecule is CCc1c(N)ncnc1N1CC(O)C(O)C1. The molecule has 2 atom stereocenters. The lowest BCUT2D eigenvalue weighted by Crippen LogP contribution is -2.24. The van der Waals surface area contributed by atoms with E-state index >= 15 is 0 Å². The van der Waals surface area contributed by atoms with E-state index in [9.17, 15) is 10.2 Å². The van der Waals surface area contributed by atoms with Crippen LogP contribution in [0.4, 0.5) is 11.6 Å². The van der Waals surface area contributed by atoms with Crippen molar-refractivity contribution in [3.8, 4) is 0 Å². The molecule has 6 nitrogen and oxygen atoms in total. The van der Waals surface area contributed by atoms with E-state index in [-0.39, 0.29) is 0 Å². The fraction of sp³-hybridized carbons (Fsp3) is 0.600. The highest BCUT2D eigenvalue weighted by molar-refractivity contribution is 5.57. The Bertz CT molecular complexity index is 375. The zero-order chi connectivity index (χ0) is 11.7. The van der Waals surface area contributed by atoms with Gasteiger partial charge in [0.05, 0.1) is 12.2 Å². The summed E-state index contributed by atoms with van der Waals surface area (Å²) in [6.07, 6.45) is 0.688. The van der Waals surface area contributed by atoms with Crippen molar-refractivity contribution in [2.45, 2.75) is 25.6 Å². The number of nitrogens with zero attached hydrogens (tertiary/aromatic N) is 3. The molecule has 0 aromatic carbocycles.